The van der Waals surface area contributed by atoms with E-state index in [9.17, 15) is 17.6 Å². The molecular formula is C25H29FN2O4S. The van der Waals surface area contributed by atoms with E-state index in [1.165, 1.54) is 12.1 Å². The van der Waals surface area contributed by atoms with Gasteiger partial charge >= 0.3 is 0 Å². The number of furan rings is 1. The Morgan fingerprint density at radius 2 is 1.64 bits per heavy atom. The molecule has 0 unspecified atom stereocenters. The highest BCUT2D eigenvalue weighted by Gasteiger charge is 2.30. The summed E-state index contributed by atoms with van der Waals surface area (Å²) in [5.74, 6) is -0.534. The molecular weight excluding hydrogens is 443 g/mol. The Labute approximate surface area is 193 Å². The van der Waals surface area contributed by atoms with Gasteiger partial charge in [-0.3, -0.25) is 9.52 Å². The molecule has 176 valence electrons. The maximum absolute atomic E-state index is 14.0. The molecule has 2 heterocycles. The molecule has 1 saturated heterocycles. The lowest BCUT2D eigenvalue weighted by atomic mass is 10.0. The normalized spacial score (nSPS) is 15.0. The van der Waals surface area contributed by atoms with E-state index in [2.05, 4.69) is 4.72 Å². The van der Waals surface area contributed by atoms with Crippen LogP contribution in [-0.4, -0.2) is 32.3 Å². The van der Waals surface area contributed by atoms with Crippen molar-refractivity contribution in [1.29, 1.82) is 0 Å². The van der Waals surface area contributed by atoms with Crippen molar-refractivity contribution in [2.45, 2.75) is 58.3 Å². The number of sulfonamides is 1. The van der Waals surface area contributed by atoms with E-state index in [0.717, 1.165) is 37.3 Å². The van der Waals surface area contributed by atoms with Crippen molar-refractivity contribution >= 4 is 32.6 Å². The summed E-state index contributed by atoms with van der Waals surface area (Å²) in [5.41, 5.74) is 2.59. The van der Waals surface area contributed by atoms with Gasteiger partial charge in [-0.25, -0.2) is 12.8 Å². The van der Waals surface area contributed by atoms with E-state index in [0.29, 0.717) is 35.2 Å². The number of aryl methyl sites for hydroxylation is 3. The molecule has 1 aliphatic rings. The third kappa shape index (κ3) is 4.36. The Bertz CT molecular complexity index is 1340. The van der Waals surface area contributed by atoms with Crippen LogP contribution in [0, 0.1) is 33.5 Å². The van der Waals surface area contributed by atoms with Gasteiger partial charge in [0.25, 0.3) is 15.9 Å². The minimum Gasteiger partial charge on any atom is -0.449 e. The lowest BCUT2D eigenvalue weighted by molar-refractivity contribution is 0.0731. The standard InChI is InChI=1S/C25H29FN2O4S/c1-15-9-10-19(14-21(15)26)27-33(30,31)24-17(3)16(2)13-20-18(4)22(32-23(20)24)25(29)28-11-7-5-6-8-12-28/h9-10,13-14,27H,5-8,11-12H2,1-4H3. The number of carbonyl (C=O) groups is 1. The van der Waals surface area contributed by atoms with Crippen molar-refractivity contribution in [3.63, 3.8) is 0 Å². The summed E-state index contributed by atoms with van der Waals surface area (Å²) >= 11 is 0. The summed E-state index contributed by atoms with van der Waals surface area (Å²) in [7, 11) is -4.12. The summed E-state index contributed by atoms with van der Waals surface area (Å²) in [6.07, 6.45) is 4.07. The molecule has 1 amide bonds. The van der Waals surface area contributed by atoms with Crippen molar-refractivity contribution in [1.82, 2.24) is 4.90 Å². The highest BCUT2D eigenvalue weighted by atomic mass is 32.2. The van der Waals surface area contributed by atoms with E-state index in [1.54, 1.807) is 25.7 Å². The Morgan fingerprint density at radius 3 is 2.27 bits per heavy atom. The number of hydrogen-bond donors (Lipinski definition) is 1. The maximum Gasteiger partial charge on any atom is 0.289 e. The first-order valence-corrected chi connectivity index (χ1v) is 12.7. The maximum atomic E-state index is 14.0. The molecule has 33 heavy (non-hydrogen) atoms. The Kier molecular flexibility index (Phi) is 6.22. The van der Waals surface area contributed by atoms with Crippen LogP contribution in [0.2, 0.25) is 0 Å². The third-order valence-corrected chi connectivity index (χ3v) is 8.01. The smallest absolute Gasteiger partial charge is 0.289 e. The van der Waals surface area contributed by atoms with Gasteiger partial charge in [0, 0.05) is 24.0 Å². The van der Waals surface area contributed by atoms with Crippen LogP contribution < -0.4 is 4.72 Å². The van der Waals surface area contributed by atoms with Gasteiger partial charge < -0.3 is 9.32 Å². The summed E-state index contributed by atoms with van der Waals surface area (Å²) in [5, 5.41) is 0.590. The fourth-order valence-corrected chi connectivity index (χ4v) is 5.85. The highest BCUT2D eigenvalue weighted by molar-refractivity contribution is 7.93. The number of nitrogens with zero attached hydrogens (tertiary/aromatic N) is 1. The monoisotopic (exact) mass is 472 g/mol. The van der Waals surface area contributed by atoms with Gasteiger partial charge in [0.05, 0.1) is 5.69 Å². The summed E-state index contributed by atoms with van der Waals surface area (Å²) in [6.45, 7) is 8.24. The van der Waals surface area contributed by atoms with Gasteiger partial charge in [-0.15, -0.1) is 0 Å². The molecule has 1 aromatic heterocycles. The number of carbonyl (C=O) groups excluding carboxylic acids is 1. The number of hydrogen-bond acceptors (Lipinski definition) is 4. The number of fused-ring (bicyclic) bond motifs is 1. The minimum absolute atomic E-state index is 0.0310. The van der Waals surface area contributed by atoms with Crippen LogP contribution in [0.1, 0.15) is 58.5 Å². The van der Waals surface area contributed by atoms with Gasteiger partial charge in [-0.1, -0.05) is 18.9 Å². The minimum atomic E-state index is -4.12. The largest absolute Gasteiger partial charge is 0.449 e. The molecule has 2 aromatic carbocycles. The number of nitrogens with one attached hydrogen (secondary N) is 1. The molecule has 4 rings (SSSR count). The van der Waals surface area contributed by atoms with Crippen LogP contribution in [0.4, 0.5) is 10.1 Å². The second-order valence-corrected chi connectivity index (χ2v) is 10.5. The van der Waals surface area contributed by atoms with E-state index < -0.39 is 15.8 Å². The van der Waals surface area contributed by atoms with Gasteiger partial charge in [0.1, 0.15) is 10.7 Å². The zero-order valence-corrected chi connectivity index (χ0v) is 20.2. The second-order valence-electron chi connectivity index (χ2n) is 8.86. The first kappa shape index (κ1) is 23.3. The molecule has 3 aromatic rings. The van der Waals surface area contributed by atoms with Crippen LogP contribution >= 0.6 is 0 Å². The summed E-state index contributed by atoms with van der Waals surface area (Å²) in [6, 6.07) is 6.03. The predicted molar refractivity (Wildman–Crippen MR) is 127 cm³/mol. The van der Waals surface area contributed by atoms with Gasteiger partial charge in [0.2, 0.25) is 0 Å². The summed E-state index contributed by atoms with van der Waals surface area (Å²) in [4.78, 5) is 15.0. The molecule has 0 aliphatic carbocycles. The van der Waals surface area contributed by atoms with E-state index in [1.807, 2.05) is 13.0 Å². The number of rotatable bonds is 4. The number of likely N-dealkylation sites (tertiary alicyclic amines) is 1. The topological polar surface area (TPSA) is 79.6 Å². The number of anilines is 1. The number of amides is 1. The van der Waals surface area contributed by atoms with Crippen molar-refractivity contribution in [3.8, 4) is 0 Å². The Balaban J connectivity index is 1.82. The van der Waals surface area contributed by atoms with Gasteiger partial charge in [-0.2, -0.15) is 0 Å². The van der Waals surface area contributed by atoms with E-state index in [4.69, 9.17) is 4.42 Å². The lowest BCUT2D eigenvalue weighted by Crippen LogP contribution is -2.31. The lowest BCUT2D eigenvalue weighted by Gasteiger charge is -2.19. The number of benzene rings is 2. The molecule has 0 radical (unpaired) electrons. The third-order valence-electron chi connectivity index (χ3n) is 6.47. The molecule has 1 aliphatic heterocycles. The quantitative estimate of drug-likeness (QED) is 0.534. The molecule has 0 spiro atoms. The average Bonchev–Trinajstić information content (AvgIpc) is 2.94. The zero-order valence-electron chi connectivity index (χ0n) is 19.4. The molecule has 1 fully saturated rings. The molecule has 0 atom stereocenters. The Morgan fingerprint density at radius 1 is 0.970 bits per heavy atom. The van der Waals surface area contributed by atoms with Gasteiger partial charge in [0.15, 0.2) is 11.3 Å². The summed E-state index contributed by atoms with van der Waals surface area (Å²) < 4.78 is 49.3. The Hall–Kier alpha value is -2.87. The van der Waals surface area contributed by atoms with Crippen LogP contribution in [0.25, 0.3) is 11.0 Å². The van der Waals surface area contributed by atoms with Gasteiger partial charge in [-0.05, 0) is 75.4 Å². The molecule has 0 saturated carbocycles. The predicted octanol–water partition coefficient (Wildman–Crippen LogP) is 5.62. The fourth-order valence-electron chi connectivity index (χ4n) is 4.35. The van der Waals surface area contributed by atoms with Crippen LogP contribution in [-0.2, 0) is 10.0 Å². The zero-order chi connectivity index (χ0) is 23.9. The molecule has 8 heteroatoms. The van der Waals surface area contributed by atoms with Crippen molar-refractivity contribution in [3.05, 3.63) is 58.1 Å². The van der Waals surface area contributed by atoms with E-state index >= 15 is 0 Å². The van der Waals surface area contributed by atoms with Crippen molar-refractivity contribution in [2.24, 2.45) is 0 Å². The average molecular weight is 473 g/mol. The van der Waals surface area contributed by atoms with Crippen molar-refractivity contribution in [2.75, 3.05) is 17.8 Å². The van der Waals surface area contributed by atoms with Crippen LogP contribution in [0.15, 0.2) is 33.6 Å². The molecule has 0 bridgehead atoms. The molecule has 6 nitrogen and oxygen atoms in total. The van der Waals surface area contributed by atoms with E-state index in [-0.39, 0.29) is 27.8 Å². The fraction of sp³-hybridized carbons (Fsp3) is 0.400. The second kappa shape index (κ2) is 8.82. The van der Waals surface area contributed by atoms with Crippen LogP contribution in [0.3, 0.4) is 0 Å². The van der Waals surface area contributed by atoms with Crippen LogP contribution in [0.5, 0.6) is 0 Å². The highest BCUT2D eigenvalue weighted by Crippen LogP contribution is 2.36. The first-order chi connectivity index (χ1) is 15.6. The SMILES string of the molecule is Cc1ccc(NS(=O)(=O)c2c(C)c(C)cc3c(C)c(C(=O)N4CCCCCC4)oc23)cc1F. The first-order valence-electron chi connectivity index (χ1n) is 11.2. The number of halogens is 1. The van der Waals surface area contributed by atoms with Crippen molar-refractivity contribution < 1.29 is 22.0 Å². The molecule has 1 N–H and O–H groups in total.